The van der Waals surface area contributed by atoms with Crippen LogP contribution >= 0.6 is 11.3 Å². The van der Waals surface area contributed by atoms with E-state index in [0.29, 0.717) is 12.1 Å². The van der Waals surface area contributed by atoms with Crippen LogP contribution in [0.25, 0.3) is 11.3 Å². The number of fused-ring (bicyclic) bond motifs is 2. The van der Waals surface area contributed by atoms with Crippen molar-refractivity contribution in [1.82, 2.24) is 10.3 Å². The molecular formula is C31H45N3O2S. The molecule has 6 rings (SSSR count). The predicted molar refractivity (Wildman–Crippen MR) is 153 cm³/mol. The molecule has 3 fully saturated rings. The summed E-state index contributed by atoms with van der Waals surface area (Å²) in [6, 6.07) is 8.04. The fourth-order valence-corrected chi connectivity index (χ4v) is 8.03. The lowest BCUT2D eigenvalue weighted by molar-refractivity contribution is -0.147. The average Bonchev–Trinajstić information content (AvgIpc) is 3.47. The molecule has 3 atom stereocenters. The van der Waals surface area contributed by atoms with Gasteiger partial charge in [-0.15, -0.1) is 11.3 Å². The molecule has 0 radical (unpaired) electrons. The number of nitrogens with zero attached hydrogens (tertiary/aromatic N) is 2. The molecule has 2 aliphatic heterocycles. The number of hydrogen-bond donors (Lipinski definition) is 1. The highest BCUT2D eigenvalue weighted by molar-refractivity contribution is 7.14. The highest BCUT2D eigenvalue weighted by Crippen LogP contribution is 2.47. The Morgan fingerprint density at radius 1 is 0.919 bits per heavy atom. The van der Waals surface area contributed by atoms with Crippen molar-refractivity contribution in [3.05, 3.63) is 34.7 Å². The van der Waals surface area contributed by atoms with E-state index in [-0.39, 0.29) is 23.0 Å². The van der Waals surface area contributed by atoms with E-state index in [1.165, 1.54) is 42.4 Å². The molecule has 4 aliphatic rings. The zero-order chi connectivity index (χ0) is 26.0. The molecule has 0 bridgehead atoms. The van der Waals surface area contributed by atoms with Crippen molar-refractivity contribution in [2.75, 3.05) is 18.0 Å². The van der Waals surface area contributed by atoms with Gasteiger partial charge in [-0.1, -0.05) is 39.8 Å². The van der Waals surface area contributed by atoms with Gasteiger partial charge in [0.25, 0.3) is 0 Å². The average molecular weight is 524 g/mol. The maximum atomic E-state index is 6.30. The second-order valence-corrected chi connectivity index (χ2v) is 14.5. The van der Waals surface area contributed by atoms with Crippen LogP contribution in [0.5, 0.6) is 0 Å². The Balaban J connectivity index is 1.10. The molecule has 1 aromatic carbocycles. The number of rotatable bonds is 4. The first-order valence-corrected chi connectivity index (χ1v) is 15.4. The van der Waals surface area contributed by atoms with Gasteiger partial charge in [-0.05, 0) is 86.8 Å². The second-order valence-electron chi connectivity index (χ2n) is 13.6. The molecular weight excluding hydrogens is 478 g/mol. The lowest BCUT2D eigenvalue weighted by Gasteiger charge is -2.42. The van der Waals surface area contributed by atoms with Crippen molar-refractivity contribution in [3.63, 3.8) is 0 Å². The van der Waals surface area contributed by atoms with Gasteiger partial charge in [0, 0.05) is 36.1 Å². The molecule has 2 aromatic rings. The molecule has 0 spiro atoms. The van der Waals surface area contributed by atoms with Crippen LogP contribution in [0.15, 0.2) is 23.6 Å². The highest BCUT2D eigenvalue weighted by atomic mass is 32.1. The summed E-state index contributed by atoms with van der Waals surface area (Å²) in [6.45, 7) is 15.8. The van der Waals surface area contributed by atoms with Crippen LogP contribution in [0.1, 0.15) is 97.6 Å². The monoisotopic (exact) mass is 523 g/mol. The summed E-state index contributed by atoms with van der Waals surface area (Å²) in [5.74, 6) is -0.449. The van der Waals surface area contributed by atoms with Gasteiger partial charge in [0.05, 0.1) is 11.8 Å². The number of nitrogens with one attached hydrogen (secondary N) is 1. The van der Waals surface area contributed by atoms with Gasteiger partial charge in [-0.25, -0.2) is 4.98 Å². The third kappa shape index (κ3) is 4.99. The van der Waals surface area contributed by atoms with Crippen LogP contribution in [0, 0.1) is 0 Å². The van der Waals surface area contributed by atoms with E-state index >= 15 is 0 Å². The molecule has 1 saturated carbocycles. The molecule has 3 heterocycles. The molecule has 0 unspecified atom stereocenters. The fourth-order valence-electron chi connectivity index (χ4n) is 7.14. The van der Waals surface area contributed by atoms with Gasteiger partial charge in [-0.2, -0.15) is 0 Å². The third-order valence-corrected chi connectivity index (χ3v) is 10.4. The Bertz CT molecular complexity index is 1130. The van der Waals surface area contributed by atoms with Crippen LogP contribution in [-0.2, 0) is 20.3 Å². The number of aromatic nitrogens is 1. The first kappa shape index (κ1) is 25.8. The van der Waals surface area contributed by atoms with Crippen LogP contribution in [0.3, 0.4) is 0 Å². The lowest BCUT2D eigenvalue weighted by atomic mass is 9.63. The van der Waals surface area contributed by atoms with E-state index in [2.05, 4.69) is 75.3 Å². The second kappa shape index (κ2) is 9.32. The first-order chi connectivity index (χ1) is 17.5. The largest absolute Gasteiger partial charge is 0.348 e. The smallest absolute Gasteiger partial charge is 0.185 e. The van der Waals surface area contributed by atoms with Crippen LogP contribution in [0.4, 0.5) is 5.13 Å². The molecule has 202 valence electrons. The Kier molecular flexibility index (Phi) is 6.50. The molecule has 37 heavy (non-hydrogen) atoms. The summed E-state index contributed by atoms with van der Waals surface area (Å²) < 4.78 is 12.5. The summed E-state index contributed by atoms with van der Waals surface area (Å²) in [5, 5.41) is 7.38. The Labute approximate surface area is 227 Å². The van der Waals surface area contributed by atoms with Gasteiger partial charge in [0.2, 0.25) is 0 Å². The molecule has 0 amide bonds. The van der Waals surface area contributed by atoms with Crippen molar-refractivity contribution >= 4 is 16.5 Å². The SMILES string of the molecule is CC1(C)O[C@H]2[C@H](NC3CCN(c4nc(-c5ccc6c(c5)C(C)(C)CCC6(C)C)cs4)CC3)CCC[C@H]2O1. The van der Waals surface area contributed by atoms with E-state index < -0.39 is 5.79 Å². The number of hydrogen-bond acceptors (Lipinski definition) is 6. The van der Waals surface area contributed by atoms with Crippen LogP contribution in [-0.4, -0.2) is 48.2 Å². The van der Waals surface area contributed by atoms with E-state index in [9.17, 15) is 0 Å². The summed E-state index contributed by atoms with van der Waals surface area (Å²) in [6.07, 6.45) is 8.74. The summed E-state index contributed by atoms with van der Waals surface area (Å²) in [5.41, 5.74) is 5.88. The summed E-state index contributed by atoms with van der Waals surface area (Å²) >= 11 is 1.80. The van der Waals surface area contributed by atoms with Crippen LogP contribution < -0.4 is 10.2 Å². The summed E-state index contributed by atoms with van der Waals surface area (Å²) in [7, 11) is 0. The number of piperidine rings is 1. The minimum Gasteiger partial charge on any atom is -0.348 e. The predicted octanol–water partition coefficient (Wildman–Crippen LogP) is 6.79. The maximum Gasteiger partial charge on any atom is 0.185 e. The van der Waals surface area contributed by atoms with Crippen molar-refractivity contribution < 1.29 is 9.47 Å². The third-order valence-electron chi connectivity index (χ3n) is 9.48. The standard InChI is InChI=1S/C31H45N3O2S/c1-29(2)14-15-30(3,4)23-18-20(10-11-22(23)29)25-19-37-28(33-25)34-16-12-21(13-17-34)32-24-8-7-9-26-27(24)36-31(5,6)35-26/h10-11,18-19,21,24,26-27,32H,7-9,12-17H2,1-6H3/t24-,26-,27+/m1/s1. The van der Waals surface area contributed by atoms with Crippen LogP contribution in [0.2, 0.25) is 0 Å². The molecule has 1 N–H and O–H groups in total. The topological polar surface area (TPSA) is 46.6 Å². The zero-order valence-corrected chi connectivity index (χ0v) is 24.4. The van der Waals surface area contributed by atoms with E-state index in [1.807, 2.05) is 0 Å². The molecule has 2 saturated heterocycles. The number of benzene rings is 1. The highest BCUT2D eigenvalue weighted by Gasteiger charge is 2.47. The van der Waals surface area contributed by atoms with E-state index in [4.69, 9.17) is 14.5 Å². The van der Waals surface area contributed by atoms with Gasteiger partial charge in [-0.3, -0.25) is 0 Å². The number of ether oxygens (including phenoxy) is 2. The lowest BCUT2D eigenvalue weighted by Crippen LogP contribution is -2.53. The Morgan fingerprint density at radius 3 is 2.41 bits per heavy atom. The fraction of sp³-hybridized carbons (Fsp3) is 0.710. The number of anilines is 1. The summed E-state index contributed by atoms with van der Waals surface area (Å²) in [4.78, 5) is 7.61. The van der Waals surface area contributed by atoms with Gasteiger partial charge >= 0.3 is 0 Å². The quantitative estimate of drug-likeness (QED) is 0.478. The van der Waals surface area contributed by atoms with Gasteiger partial charge in [0.1, 0.15) is 6.10 Å². The molecule has 6 heteroatoms. The van der Waals surface area contributed by atoms with E-state index in [0.717, 1.165) is 43.2 Å². The van der Waals surface area contributed by atoms with Crippen molar-refractivity contribution in [2.45, 2.75) is 127 Å². The first-order valence-electron chi connectivity index (χ1n) is 14.5. The van der Waals surface area contributed by atoms with Crippen molar-refractivity contribution in [3.8, 4) is 11.3 Å². The van der Waals surface area contributed by atoms with Crippen molar-refractivity contribution in [2.24, 2.45) is 0 Å². The van der Waals surface area contributed by atoms with Crippen molar-refractivity contribution in [1.29, 1.82) is 0 Å². The molecule has 2 aliphatic carbocycles. The Morgan fingerprint density at radius 2 is 1.65 bits per heavy atom. The molecule has 5 nitrogen and oxygen atoms in total. The maximum absolute atomic E-state index is 6.30. The minimum atomic E-state index is -0.449. The minimum absolute atomic E-state index is 0.190. The van der Waals surface area contributed by atoms with Gasteiger partial charge < -0.3 is 19.7 Å². The number of thiazole rings is 1. The van der Waals surface area contributed by atoms with E-state index in [1.54, 1.807) is 11.3 Å². The normalized spacial score (nSPS) is 30.6. The zero-order valence-electron chi connectivity index (χ0n) is 23.6. The van der Waals surface area contributed by atoms with Gasteiger partial charge in [0.15, 0.2) is 10.9 Å². The molecule has 1 aromatic heterocycles. The Hall–Kier alpha value is -1.47.